The van der Waals surface area contributed by atoms with Gasteiger partial charge in [0.25, 0.3) is 5.56 Å². The van der Waals surface area contributed by atoms with Crippen molar-refractivity contribution in [2.75, 3.05) is 7.11 Å². The molecule has 0 saturated carbocycles. The van der Waals surface area contributed by atoms with Gasteiger partial charge in [-0.05, 0) is 38.1 Å². The highest BCUT2D eigenvalue weighted by Gasteiger charge is 2.55. The lowest BCUT2D eigenvalue weighted by molar-refractivity contribution is -0.158. The molecule has 36 heavy (non-hydrogen) atoms. The number of thiazole rings is 1. The number of benzene rings is 2. The third kappa shape index (κ3) is 3.26. The van der Waals surface area contributed by atoms with Crippen molar-refractivity contribution in [2.45, 2.75) is 25.6 Å². The number of para-hydroxylation sites is 2. The molecule has 4 aromatic rings. The van der Waals surface area contributed by atoms with Crippen LogP contribution in [0.5, 0.6) is 5.75 Å². The average Bonchev–Trinajstić information content (AvgIpc) is 3.33. The Morgan fingerprint density at radius 1 is 1.19 bits per heavy atom. The highest BCUT2D eigenvalue weighted by Crippen LogP contribution is 2.47. The highest BCUT2D eigenvalue weighted by molar-refractivity contribution is 7.07. The van der Waals surface area contributed by atoms with Crippen LogP contribution in [0.2, 0.25) is 5.15 Å². The number of ether oxygens (including phenoxy) is 2. The summed E-state index contributed by atoms with van der Waals surface area (Å²) >= 11 is 7.95. The standard InChI is InChI=1S/C26H21ClN4O4S/c1-14-17(22(27)31(29-14)15-9-5-4-6-10-15)13-19-23(32)30-21-16-11-7-8-12-18(16)35-26(2,28-25(30)36-19)20(21)24(33)34-3/h4-13,20-21H,1-3H3/b19-13-/t20-,21+,26+/m0/s1. The number of aromatic nitrogens is 3. The molecule has 3 atom stereocenters. The highest BCUT2D eigenvalue weighted by atomic mass is 35.5. The predicted molar refractivity (Wildman–Crippen MR) is 135 cm³/mol. The van der Waals surface area contributed by atoms with Crippen LogP contribution in [0.15, 0.2) is 64.4 Å². The molecule has 2 aromatic heterocycles. The number of aryl methyl sites for hydroxylation is 1. The molecular weight excluding hydrogens is 500 g/mol. The van der Waals surface area contributed by atoms with Crippen LogP contribution in [-0.2, 0) is 9.53 Å². The normalized spacial score (nSPS) is 22.3. The van der Waals surface area contributed by atoms with E-state index in [-0.39, 0.29) is 5.56 Å². The lowest BCUT2D eigenvalue weighted by atomic mass is 9.81. The van der Waals surface area contributed by atoms with Gasteiger partial charge in [0.2, 0.25) is 5.72 Å². The van der Waals surface area contributed by atoms with Gasteiger partial charge in [-0.3, -0.25) is 14.2 Å². The number of carbonyl (C=O) groups excluding carboxylic acids is 1. The van der Waals surface area contributed by atoms with Crippen LogP contribution < -0.4 is 19.6 Å². The van der Waals surface area contributed by atoms with Crippen molar-refractivity contribution >= 4 is 35.0 Å². The molecule has 0 radical (unpaired) electrons. The summed E-state index contributed by atoms with van der Waals surface area (Å²) < 4.78 is 15.0. The summed E-state index contributed by atoms with van der Waals surface area (Å²) in [6, 6.07) is 16.3. The predicted octanol–water partition coefficient (Wildman–Crippen LogP) is 3.01. The second kappa shape index (κ2) is 8.18. The van der Waals surface area contributed by atoms with E-state index in [0.717, 1.165) is 11.3 Å². The molecule has 2 aliphatic heterocycles. The van der Waals surface area contributed by atoms with Gasteiger partial charge in [-0.15, -0.1) is 0 Å². The summed E-state index contributed by atoms with van der Waals surface area (Å²) in [5.74, 6) is -0.722. The van der Waals surface area contributed by atoms with Crippen molar-refractivity contribution in [2.24, 2.45) is 10.9 Å². The fourth-order valence-electron chi connectivity index (χ4n) is 4.98. The number of hydrogen-bond acceptors (Lipinski definition) is 7. The minimum atomic E-state index is -1.22. The molecule has 2 aliphatic rings. The molecule has 8 nitrogen and oxygen atoms in total. The number of methoxy groups -OCH3 is 1. The Morgan fingerprint density at radius 2 is 1.92 bits per heavy atom. The molecule has 4 heterocycles. The zero-order chi connectivity index (χ0) is 25.2. The quantitative estimate of drug-likeness (QED) is 0.388. The second-order valence-corrected chi connectivity index (χ2v) is 10.2. The fraction of sp³-hybridized carbons (Fsp3) is 0.231. The lowest BCUT2D eigenvalue weighted by Crippen LogP contribution is -2.58. The topological polar surface area (TPSA) is 87.7 Å². The molecular formula is C26H21ClN4O4S. The molecule has 0 fully saturated rings. The average molecular weight is 521 g/mol. The monoisotopic (exact) mass is 520 g/mol. The molecule has 0 saturated heterocycles. The summed E-state index contributed by atoms with van der Waals surface area (Å²) in [6.07, 6.45) is 1.74. The first-order valence-electron chi connectivity index (χ1n) is 11.3. The summed E-state index contributed by atoms with van der Waals surface area (Å²) in [5.41, 5.74) is 1.40. The van der Waals surface area contributed by atoms with Gasteiger partial charge in [-0.2, -0.15) is 5.10 Å². The van der Waals surface area contributed by atoms with E-state index in [1.165, 1.54) is 18.4 Å². The van der Waals surface area contributed by atoms with Crippen molar-refractivity contribution in [3.8, 4) is 11.4 Å². The first-order valence-corrected chi connectivity index (χ1v) is 12.5. The molecule has 182 valence electrons. The van der Waals surface area contributed by atoms with Crippen molar-refractivity contribution < 1.29 is 14.3 Å². The largest absolute Gasteiger partial charge is 0.469 e. The first-order chi connectivity index (χ1) is 17.3. The van der Waals surface area contributed by atoms with Crippen molar-refractivity contribution in [3.63, 3.8) is 0 Å². The minimum absolute atomic E-state index is 0.265. The van der Waals surface area contributed by atoms with Crippen molar-refractivity contribution in [3.05, 3.63) is 96.3 Å². The first kappa shape index (κ1) is 22.8. The zero-order valence-electron chi connectivity index (χ0n) is 19.6. The SMILES string of the molecule is COC(=O)[C@@H]1[C@H]2c3ccccc3O[C@@]1(C)N=c1s/c(=C\c3c(C)nn(-c4ccccc4)c3Cl)c(=O)n12. The van der Waals surface area contributed by atoms with E-state index in [1.54, 1.807) is 22.2 Å². The Hall–Kier alpha value is -3.69. The second-order valence-electron chi connectivity index (χ2n) is 8.86. The van der Waals surface area contributed by atoms with E-state index < -0.39 is 23.7 Å². The van der Waals surface area contributed by atoms with Crippen LogP contribution in [-0.4, -0.2) is 33.2 Å². The van der Waals surface area contributed by atoms with Crippen LogP contribution in [0.3, 0.4) is 0 Å². The van der Waals surface area contributed by atoms with Gasteiger partial charge >= 0.3 is 5.97 Å². The Kier molecular flexibility index (Phi) is 5.17. The van der Waals surface area contributed by atoms with Crippen LogP contribution in [0, 0.1) is 12.8 Å². The van der Waals surface area contributed by atoms with Crippen molar-refractivity contribution in [1.29, 1.82) is 0 Å². The van der Waals surface area contributed by atoms with Crippen LogP contribution in [0.4, 0.5) is 0 Å². The maximum Gasteiger partial charge on any atom is 0.317 e. The van der Waals surface area contributed by atoms with Gasteiger partial charge in [-0.25, -0.2) is 9.67 Å². The molecule has 10 heteroatoms. The summed E-state index contributed by atoms with van der Waals surface area (Å²) in [7, 11) is 1.33. The number of carbonyl (C=O) groups is 1. The molecule has 0 amide bonds. The number of nitrogens with zero attached hydrogens (tertiary/aromatic N) is 4. The lowest BCUT2D eigenvalue weighted by Gasteiger charge is -2.44. The summed E-state index contributed by atoms with van der Waals surface area (Å²) in [5, 5.41) is 4.97. The molecule has 0 aliphatic carbocycles. The maximum atomic E-state index is 13.8. The van der Waals surface area contributed by atoms with Gasteiger partial charge in [0.05, 0.1) is 29.1 Å². The van der Waals surface area contributed by atoms with Gasteiger partial charge < -0.3 is 9.47 Å². The van der Waals surface area contributed by atoms with Gasteiger partial charge in [-0.1, -0.05) is 59.3 Å². The number of fused-ring (bicyclic) bond motifs is 6. The zero-order valence-corrected chi connectivity index (χ0v) is 21.2. The van der Waals surface area contributed by atoms with E-state index in [2.05, 4.69) is 5.10 Å². The molecule has 2 bridgehead atoms. The van der Waals surface area contributed by atoms with Crippen LogP contribution in [0.25, 0.3) is 11.8 Å². The Labute approximate surface area is 214 Å². The number of halogens is 1. The third-order valence-electron chi connectivity index (χ3n) is 6.66. The number of hydrogen-bond donors (Lipinski definition) is 0. The van der Waals surface area contributed by atoms with E-state index >= 15 is 0 Å². The van der Waals surface area contributed by atoms with Gasteiger partial charge in [0.15, 0.2) is 4.80 Å². The Morgan fingerprint density at radius 3 is 2.67 bits per heavy atom. The van der Waals surface area contributed by atoms with Crippen LogP contribution >= 0.6 is 22.9 Å². The summed E-state index contributed by atoms with van der Waals surface area (Å²) in [6.45, 7) is 3.59. The third-order valence-corrected chi connectivity index (χ3v) is 8.01. The van der Waals surface area contributed by atoms with E-state index in [1.807, 2.05) is 61.5 Å². The smallest absolute Gasteiger partial charge is 0.317 e. The molecule has 0 N–H and O–H groups in total. The number of rotatable bonds is 3. The van der Waals surface area contributed by atoms with E-state index in [9.17, 15) is 9.59 Å². The number of esters is 1. The Bertz CT molecular complexity index is 1710. The van der Waals surface area contributed by atoms with Gasteiger partial charge in [0, 0.05) is 11.1 Å². The van der Waals surface area contributed by atoms with Crippen LogP contribution in [0.1, 0.15) is 29.8 Å². The maximum absolute atomic E-state index is 13.8. The summed E-state index contributed by atoms with van der Waals surface area (Å²) in [4.78, 5) is 32.0. The molecule has 6 rings (SSSR count). The minimum Gasteiger partial charge on any atom is -0.469 e. The van der Waals surface area contributed by atoms with E-state index in [0.29, 0.717) is 31.5 Å². The fourth-order valence-corrected chi connectivity index (χ4v) is 6.39. The Balaban J connectivity index is 1.58. The molecule has 0 spiro atoms. The molecule has 0 unspecified atom stereocenters. The van der Waals surface area contributed by atoms with E-state index in [4.69, 9.17) is 26.1 Å². The van der Waals surface area contributed by atoms with Gasteiger partial charge in [0.1, 0.15) is 16.8 Å². The molecule has 2 aromatic carbocycles. The van der Waals surface area contributed by atoms with Crippen molar-refractivity contribution in [1.82, 2.24) is 14.3 Å².